The summed E-state index contributed by atoms with van der Waals surface area (Å²) in [7, 11) is 0. The van der Waals surface area contributed by atoms with E-state index in [1.807, 2.05) is 4.90 Å². The number of nitrogen functional groups attached to an aromatic ring is 1. The maximum Gasteiger partial charge on any atom is 0.490 e. The number of ketones is 1. The maximum atomic E-state index is 14.2. The third-order valence-electron chi connectivity index (χ3n) is 6.11. The number of Topliss-reactive ketones (excluding diaryl/α,β-unsaturated/α-hetero) is 1. The summed E-state index contributed by atoms with van der Waals surface area (Å²) in [5, 5.41) is 39.7. The number of carboxylic acids is 4. The molecule has 1 aromatic heterocycles. The second-order valence-electron chi connectivity index (χ2n) is 9.75. The van der Waals surface area contributed by atoms with Crippen LogP contribution in [0.4, 0.5) is 30.7 Å². The van der Waals surface area contributed by atoms with Gasteiger partial charge in [0.1, 0.15) is 10.7 Å². The highest BCUT2D eigenvalue weighted by atomic mass is 32.1. The molecule has 2 atom stereocenters. The van der Waals surface area contributed by atoms with E-state index < -0.39 is 66.4 Å². The van der Waals surface area contributed by atoms with Crippen LogP contribution in [0.5, 0.6) is 5.75 Å². The van der Waals surface area contributed by atoms with E-state index in [-0.39, 0.29) is 34.2 Å². The number of nitrogens with zero attached hydrogens (tertiary/aromatic N) is 1. The molecule has 1 aliphatic rings. The summed E-state index contributed by atoms with van der Waals surface area (Å²) >= 11 is 1.13. The van der Waals surface area contributed by atoms with E-state index in [9.17, 15) is 55.0 Å². The van der Waals surface area contributed by atoms with E-state index in [2.05, 4.69) is 0 Å². The lowest BCUT2D eigenvalue weighted by atomic mass is 9.94. The summed E-state index contributed by atoms with van der Waals surface area (Å²) in [6, 6.07) is 6.28. The smallest absolute Gasteiger partial charge is 0.481 e. The lowest BCUT2D eigenvalue weighted by Crippen LogP contribution is -2.37. The third kappa shape index (κ3) is 14.3. The van der Waals surface area contributed by atoms with Gasteiger partial charge in [0.15, 0.2) is 17.3 Å². The minimum atomic E-state index is -5.08. The van der Waals surface area contributed by atoms with Crippen LogP contribution in [0.15, 0.2) is 30.3 Å². The predicted molar refractivity (Wildman–Crippen MR) is 151 cm³/mol. The molecule has 270 valence electrons. The minimum Gasteiger partial charge on any atom is -0.481 e. The van der Waals surface area contributed by atoms with Crippen molar-refractivity contribution in [3.8, 4) is 5.75 Å². The highest BCUT2D eigenvalue weighted by Gasteiger charge is 2.39. The number of amidine groups is 1. The standard InChI is InChI=1S/C23H24FN3O7S.2C2HF3O2/c24-15-8-12(21(25)26)3-5-18(15)34-23(33)19-6-4-14(35-19)11-27-7-1-2-16(27)17(28)9-13(22(31)32)10-20(29)30;2*3-2(4,5)1(6)7/h3-6,8,13,16H,1-2,7,9-11H2,(H3,25,26)(H,29,30)(H,31,32);2*(H,6,7)/t13-,16+;;/m0../s1. The molecule has 2 aromatic rings. The van der Waals surface area contributed by atoms with Gasteiger partial charge in [0.05, 0.1) is 18.4 Å². The molecule has 3 rings (SSSR count). The zero-order chi connectivity index (χ0) is 37.9. The molecule has 7 N–H and O–H groups in total. The number of carbonyl (C=O) groups excluding carboxylic acids is 2. The number of esters is 1. The van der Waals surface area contributed by atoms with Gasteiger partial charge < -0.3 is 30.9 Å². The van der Waals surface area contributed by atoms with Crippen LogP contribution in [0.1, 0.15) is 45.8 Å². The van der Waals surface area contributed by atoms with Crippen molar-refractivity contribution in [2.24, 2.45) is 11.7 Å². The van der Waals surface area contributed by atoms with E-state index in [1.54, 1.807) is 6.07 Å². The molecule has 0 amide bonds. The van der Waals surface area contributed by atoms with Crippen LogP contribution in [0.3, 0.4) is 0 Å². The van der Waals surface area contributed by atoms with Crippen molar-refractivity contribution in [1.29, 1.82) is 5.41 Å². The van der Waals surface area contributed by atoms with Crippen molar-refractivity contribution in [3.63, 3.8) is 0 Å². The summed E-state index contributed by atoms with van der Waals surface area (Å²) in [5.74, 6) is -11.9. The molecule has 0 aliphatic carbocycles. The predicted octanol–water partition coefficient (Wildman–Crippen LogP) is 3.76. The van der Waals surface area contributed by atoms with Crippen molar-refractivity contribution < 1.29 is 84.7 Å². The van der Waals surface area contributed by atoms with Gasteiger partial charge in [-0.25, -0.2) is 18.8 Å². The number of nitrogens with one attached hydrogen (secondary N) is 1. The number of carboxylic acid groups (broad SMARTS) is 4. The Morgan fingerprint density at radius 1 is 0.939 bits per heavy atom. The summed E-state index contributed by atoms with van der Waals surface area (Å²) in [6.07, 6.45) is -9.89. The number of rotatable bonds is 11. The Bertz CT molecular complexity index is 1540. The number of carbonyl (C=O) groups is 6. The first-order valence-corrected chi connectivity index (χ1v) is 14.0. The number of hydrogen-bond acceptors (Lipinski definition) is 10. The Labute approximate surface area is 274 Å². The molecule has 22 heteroatoms. The van der Waals surface area contributed by atoms with Crippen molar-refractivity contribution in [1.82, 2.24) is 4.90 Å². The van der Waals surface area contributed by atoms with Crippen LogP contribution in [0, 0.1) is 17.1 Å². The molecule has 1 aliphatic heterocycles. The number of nitrogens with two attached hydrogens (primary N) is 1. The van der Waals surface area contributed by atoms with Gasteiger partial charge in [-0.05, 0) is 49.7 Å². The van der Waals surface area contributed by atoms with Gasteiger partial charge in [-0.2, -0.15) is 26.3 Å². The topological polar surface area (TPSA) is 246 Å². The fourth-order valence-electron chi connectivity index (χ4n) is 3.89. The molecule has 0 unspecified atom stereocenters. The number of halogens is 7. The summed E-state index contributed by atoms with van der Waals surface area (Å²) in [4.78, 5) is 68.1. The van der Waals surface area contributed by atoms with Gasteiger partial charge in [-0.1, -0.05) is 0 Å². The van der Waals surface area contributed by atoms with Gasteiger partial charge in [-0.3, -0.25) is 24.7 Å². The number of ether oxygens (including phenoxy) is 1. The average Bonchev–Trinajstić information content (AvgIpc) is 3.63. The molecule has 1 fully saturated rings. The maximum absolute atomic E-state index is 14.2. The second-order valence-corrected chi connectivity index (χ2v) is 10.9. The summed E-state index contributed by atoms with van der Waals surface area (Å²) in [5.41, 5.74) is 5.48. The van der Waals surface area contributed by atoms with Gasteiger partial charge in [0, 0.05) is 23.4 Å². The number of likely N-dealkylation sites (tertiary alicyclic amines) is 1. The second kappa shape index (κ2) is 17.9. The zero-order valence-corrected chi connectivity index (χ0v) is 25.3. The number of hydrogen-bond donors (Lipinski definition) is 6. The van der Waals surface area contributed by atoms with Crippen LogP contribution in [-0.4, -0.2) is 91.7 Å². The van der Waals surface area contributed by atoms with Crippen molar-refractivity contribution in [2.75, 3.05) is 6.54 Å². The Kier molecular flexibility index (Phi) is 15.3. The number of alkyl halides is 6. The van der Waals surface area contributed by atoms with E-state index in [0.717, 1.165) is 28.7 Å². The Morgan fingerprint density at radius 2 is 1.49 bits per heavy atom. The van der Waals surface area contributed by atoms with Gasteiger partial charge in [0.2, 0.25) is 0 Å². The molecular weight excluding hydrogens is 707 g/mol. The average molecular weight is 734 g/mol. The van der Waals surface area contributed by atoms with E-state index in [4.69, 9.17) is 40.8 Å². The van der Waals surface area contributed by atoms with Crippen molar-refractivity contribution >= 4 is 52.8 Å². The SMILES string of the molecule is N=C(N)c1ccc(OC(=O)c2ccc(CN3CCC[C@@H]3C(=O)C[C@@H](CC(=O)O)C(=O)O)s2)c(F)c1.O=C(O)C(F)(F)F.O=C(O)C(F)(F)F. The largest absolute Gasteiger partial charge is 0.490 e. The lowest BCUT2D eigenvalue weighted by molar-refractivity contribution is -0.193. The van der Waals surface area contributed by atoms with Gasteiger partial charge in [-0.15, -0.1) is 11.3 Å². The first-order valence-electron chi connectivity index (χ1n) is 13.2. The zero-order valence-electron chi connectivity index (χ0n) is 24.5. The Morgan fingerprint density at radius 3 is 1.94 bits per heavy atom. The highest BCUT2D eigenvalue weighted by Crippen LogP contribution is 2.28. The fourth-order valence-corrected chi connectivity index (χ4v) is 4.80. The van der Waals surface area contributed by atoms with Crippen LogP contribution in [0.2, 0.25) is 0 Å². The normalized spacial score (nSPS) is 15.0. The highest BCUT2D eigenvalue weighted by molar-refractivity contribution is 7.13. The fraction of sp³-hybridized carbons (Fsp3) is 0.370. The van der Waals surface area contributed by atoms with Crippen molar-refractivity contribution in [2.45, 2.75) is 50.6 Å². The molecule has 14 nitrogen and oxygen atoms in total. The first kappa shape index (κ1) is 41.9. The quantitative estimate of drug-likeness (QED) is 0.0634. The minimum absolute atomic E-state index is 0.160. The van der Waals surface area contributed by atoms with E-state index >= 15 is 0 Å². The Balaban J connectivity index is 0.000000717. The number of aliphatic carboxylic acids is 4. The molecule has 1 aromatic carbocycles. The summed E-state index contributed by atoms with van der Waals surface area (Å²) in [6.45, 7) is 0.936. The molecular formula is C27H26F7N3O11S. The molecule has 2 heterocycles. The number of thiophene rings is 1. The molecule has 49 heavy (non-hydrogen) atoms. The van der Waals surface area contributed by atoms with Crippen LogP contribution < -0.4 is 10.5 Å². The molecule has 0 bridgehead atoms. The van der Waals surface area contributed by atoms with Crippen LogP contribution >= 0.6 is 11.3 Å². The van der Waals surface area contributed by atoms with Crippen LogP contribution in [-0.2, 0) is 30.5 Å². The number of benzene rings is 1. The molecule has 0 saturated carbocycles. The van der Waals surface area contributed by atoms with Crippen LogP contribution in [0.25, 0.3) is 0 Å². The van der Waals surface area contributed by atoms with Gasteiger partial charge in [0.25, 0.3) is 0 Å². The van der Waals surface area contributed by atoms with Crippen molar-refractivity contribution in [3.05, 3.63) is 51.5 Å². The molecule has 0 radical (unpaired) electrons. The van der Waals surface area contributed by atoms with Gasteiger partial charge >= 0.3 is 42.2 Å². The molecule has 0 spiro atoms. The third-order valence-corrected chi connectivity index (χ3v) is 7.16. The van der Waals surface area contributed by atoms with E-state index in [1.165, 1.54) is 18.2 Å². The lowest BCUT2D eigenvalue weighted by Gasteiger charge is -2.23. The summed E-state index contributed by atoms with van der Waals surface area (Å²) < 4.78 is 82.7. The van der Waals surface area contributed by atoms with E-state index in [0.29, 0.717) is 19.5 Å². The first-order chi connectivity index (χ1) is 22.4. The molecule has 1 saturated heterocycles. The Hall–Kier alpha value is -5.12. The monoisotopic (exact) mass is 733 g/mol.